The highest BCUT2D eigenvalue weighted by Gasteiger charge is 2.21. The number of aromatic amines is 2. The van der Waals surface area contributed by atoms with Crippen molar-refractivity contribution in [3.8, 4) is 55.6 Å². The molecular weight excluding hydrogens is 685 g/mol. The van der Waals surface area contributed by atoms with Gasteiger partial charge < -0.3 is 9.97 Å². The van der Waals surface area contributed by atoms with Crippen molar-refractivity contribution < 1.29 is 4.79 Å². The maximum absolute atomic E-state index is 12.6. The highest BCUT2D eigenvalue weighted by Crippen LogP contribution is 2.42. The molecule has 8 aromatic rings. The number of nitrogens with one attached hydrogen (secondary N) is 2. The van der Waals surface area contributed by atoms with Crippen LogP contribution in [0.2, 0.25) is 0 Å². The fraction of sp³-hybridized carbons (Fsp3) is 0. The Kier molecular flexibility index (Phi) is 8.23. The smallest absolute Gasteiger partial charge is 0.150 e. The summed E-state index contributed by atoms with van der Waals surface area (Å²) < 4.78 is 0. The third-order valence-electron chi connectivity index (χ3n) is 10.5. The van der Waals surface area contributed by atoms with Crippen molar-refractivity contribution in [3.05, 3.63) is 192 Å². The summed E-state index contributed by atoms with van der Waals surface area (Å²) in [7, 11) is 0. The molecule has 0 unspecified atom stereocenters. The van der Waals surface area contributed by atoms with Gasteiger partial charge in [-0.15, -0.1) is 0 Å². The van der Waals surface area contributed by atoms with Gasteiger partial charge in [-0.2, -0.15) is 0 Å². The number of carbonyl (C=O) groups excluding carboxylic acids is 1. The van der Waals surface area contributed by atoms with E-state index < -0.39 is 0 Å². The van der Waals surface area contributed by atoms with E-state index >= 15 is 0 Å². The van der Waals surface area contributed by atoms with E-state index in [4.69, 9.17) is 9.97 Å². The zero-order valence-corrected chi connectivity index (χ0v) is 30.3. The first kappa shape index (κ1) is 33.0. The van der Waals surface area contributed by atoms with E-state index in [0.717, 1.165) is 107 Å². The molecule has 5 heterocycles. The highest BCUT2D eigenvalue weighted by molar-refractivity contribution is 6.06. The maximum Gasteiger partial charge on any atom is 0.150 e. The molecule has 56 heavy (non-hydrogen) atoms. The third kappa shape index (κ3) is 5.79. The van der Waals surface area contributed by atoms with E-state index in [1.165, 1.54) is 0 Å². The lowest BCUT2D eigenvalue weighted by Crippen LogP contribution is -1.90. The molecule has 0 amide bonds. The average molecular weight is 719 g/mol. The average Bonchev–Trinajstić information content (AvgIpc) is 4.10. The van der Waals surface area contributed by atoms with Crippen LogP contribution in [0.15, 0.2) is 164 Å². The van der Waals surface area contributed by atoms with Gasteiger partial charge in [-0.1, -0.05) is 146 Å². The molecule has 8 bridgehead atoms. The van der Waals surface area contributed by atoms with Crippen LogP contribution in [0.5, 0.6) is 0 Å². The lowest BCUT2D eigenvalue weighted by molar-refractivity contribution is 0.112. The van der Waals surface area contributed by atoms with Crippen LogP contribution < -0.4 is 0 Å². The molecule has 5 heteroatoms. The molecule has 5 aromatic carbocycles. The Balaban J connectivity index is 1.46. The summed E-state index contributed by atoms with van der Waals surface area (Å²) in [6.07, 6.45) is 9.36. The molecule has 5 nitrogen and oxygen atoms in total. The van der Waals surface area contributed by atoms with Crippen molar-refractivity contribution in [1.82, 2.24) is 19.9 Å². The predicted octanol–water partition coefficient (Wildman–Crippen LogP) is 12.8. The van der Waals surface area contributed by atoms with Crippen molar-refractivity contribution in [2.45, 2.75) is 0 Å². The Morgan fingerprint density at radius 1 is 0.375 bits per heavy atom. The molecular formula is C51H34N4O. The second-order valence-corrected chi connectivity index (χ2v) is 13.9. The SMILES string of the molecule is O=Cc1ccccc1-c1cc2[nH]c1c(-c1ccccc1)c1nc(c(-c3ccccc3)c3ccc([nH]3)c(-c3ccccc3)c3nc(c2-c2ccccc2)C=C3)C=C1. The molecule has 3 aromatic heterocycles. The summed E-state index contributed by atoms with van der Waals surface area (Å²) in [5, 5.41) is 0. The van der Waals surface area contributed by atoms with Crippen molar-refractivity contribution in [2.24, 2.45) is 0 Å². The first-order valence-electron chi connectivity index (χ1n) is 18.7. The van der Waals surface area contributed by atoms with Gasteiger partial charge in [-0.25, -0.2) is 9.97 Å². The third-order valence-corrected chi connectivity index (χ3v) is 10.5. The Morgan fingerprint density at radius 2 is 0.768 bits per heavy atom. The lowest BCUT2D eigenvalue weighted by atomic mass is 9.96. The summed E-state index contributed by atoms with van der Waals surface area (Å²) in [6.45, 7) is 0. The van der Waals surface area contributed by atoms with Gasteiger partial charge in [0.2, 0.25) is 0 Å². The Hall–Kier alpha value is -7.63. The number of aromatic nitrogens is 4. The van der Waals surface area contributed by atoms with Crippen LogP contribution >= 0.6 is 0 Å². The van der Waals surface area contributed by atoms with Gasteiger partial charge in [0.1, 0.15) is 0 Å². The maximum atomic E-state index is 12.6. The Morgan fingerprint density at radius 3 is 1.23 bits per heavy atom. The standard InChI is InChI=1S/C51H34N4O/c56-32-37-23-13-14-24-38(37)39-31-46-49(35-19-9-3-10-20-35)44-28-27-42(53-44)47(33-15-5-1-6-16-33)40-25-26-41(52-40)48(34-17-7-2-8-18-34)43-29-30-45(54-43)50(51(39)55-46)36-21-11-4-12-22-36/h1-32,52,55H. The molecule has 0 aliphatic carbocycles. The quantitative estimate of drug-likeness (QED) is 0.168. The second-order valence-electron chi connectivity index (χ2n) is 13.9. The monoisotopic (exact) mass is 718 g/mol. The van der Waals surface area contributed by atoms with E-state index in [0.29, 0.717) is 5.56 Å². The number of hydrogen-bond donors (Lipinski definition) is 2. The van der Waals surface area contributed by atoms with Gasteiger partial charge in [0.05, 0.1) is 28.3 Å². The summed E-state index contributed by atoms with van der Waals surface area (Å²) in [4.78, 5) is 31.2. The minimum atomic E-state index is 0.604. The minimum Gasteiger partial charge on any atom is -0.354 e. The number of nitrogens with zero attached hydrogens (tertiary/aromatic N) is 2. The molecule has 0 fully saturated rings. The van der Waals surface area contributed by atoms with E-state index in [9.17, 15) is 4.79 Å². The van der Waals surface area contributed by atoms with Crippen LogP contribution in [-0.2, 0) is 0 Å². The van der Waals surface area contributed by atoms with Gasteiger partial charge in [-0.05, 0) is 70.3 Å². The van der Waals surface area contributed by atoms with Crippen LogP contribution in [0.25, 0.3) is 102 Å². The zero-order valence-electron chi connectivity index (χ0n) is 30.3. The molecule has 0 atom stereocenters. The fourth-order valence-corrected chi connectivity index (χ4v) is 7.98. The van der Waals surface area contributed by atoms with Crippen LogP contribution in [-0.4, -0.2) is 26.2 Å². The van der Waals surface area contributed by atoms with E-state index in [1.54, 1.807) is 0 Å². The van der Waals surface area contributed by atoms with Crippen molar-refractivity contribution in [1.29, 1.82) is 0 Å². The summed E-state index contributed by atoms with van der Waals surface area (Å²) in [6, 6.07) is 55.8. The number of fused-ring (bicyclic) bond motifs is 8. The minimum absolute atomic E-state index is 0.604. The first-order chi connectivity index (χ1) is 27.7. The van der Waals surface area contributed by atoms with Crippen LogP contribution in [0.3, 0.4) is 0 Å². The normalized spacial score (nSPS) is 11.9. The van der Waals surface area contributed by atoms with Gasteiger partial charge >= 0.3 is 0 Å². The number of H-pyrrole nitrogens is 2. The van der Waals surface area contributed by atoms with Gasteiger partial charge in [0.15, 0.2) is 6.29 Å². The summed E-state index contributed by atoms with van der Waals surface area (Å²) >= 11 is 0. The molecule has 0 saturated heterocycles. The van der Waals surface area contributed by atoms with Crippen LogP contribution in [0.1, 0.15) is 33.1 Å². The molecule has 264 valence electrons. The second kappa shape index (κ2) is 14.0. The zero-order chi connectivity index (χ0) is 37.4. The van der Waals surface area contributed by atoms with Crippen molar-refractivity contribution >= 4 is 52.7 Å². The number of hydrogen-bond acceptors (Lipinski definition) is 3. The molecule has 0 radical (unpaired) electrons. The van der Waals surface area contributed by atoms with E-state index in [1.807, 2.05) is 60.7 Å². The molecule has 0 saturated carbocycles. The van der Waals surface area contributed by atoms with Crippen LogP contribution in [0, 0.1) is 0 Å². The topological polar surface area (TPSA) is 74.4 Å². The number of carbonyl (C=O) groups is 1. The van der Waals surface area contributed by atoms with Gasteiger partial charge in [0.25, 0.3) is 0 Å². The fourth-order valence-electron chi connectivity index (χ4n) is 7.98. The number of aldehydes is 1. The highest BCUT2D eigenvalue weighted by atomic mass is 16.1. The van der Waals surface area contributed by atoms with Crippen LogP contribution in [0.4, 0.5) is 0 Å². The van der Waals surface area contributed by atoms with Gasteiger partial charge in [0, 0.05) is 49.9 Å². The van der Waals surface area contributed by atoms with Crippen molar-refractivity contribution in [3.63, 3.8) is 0 Å². The molecule has 2 aliphatic heterocycles. The Labute approximate surface area is 324 Å². The summed E-state index contributed by atoms with van der Waals surface area (Å²) in [5.74, 6) is 0. The Bertz CT molecular complexity index is 3010. The van der Waals surface area contributed by atoms with Crippen molar-refractivity contribution in [2.75, 3.05) is 0 Å². The molecule has 10 rings (SSSR count). The number of rotatable bonds is 6. The lowest BCUT2D eigenvalue weighted by Gasteiger charge is -2.08. The van der Waals surface area contributed by atoms with E-state index in [-0.39, 0.29) is 0 Å². The molecule has 2 aliphatic rings. The number of benzene rings is 5. The predicted molar refractivity (Wildman–Crippen MR) is 231 cm³/mol. The molecule has 2 N–H and O–H groups in total. The first-order valence-corrected chi connectivity index (χ1v) is 18.7. The van der Waals surface area contributed by atoms with E-state index in [2.05, 4.69) is 137 Å². The molecule has 0 spiro atoms. The summed E-state index contributed by atoms with van der Waals surface area (Å²) in [5.41, 5.74) is 17.3. The largest absolute Gasteiger partial charge is 0.354 e. The van der Waals surface area contributed by atoms with Gasteiger partial charge in [-0.3, -0.25) is 4.79 Å².